The van der Waals surface area contributed by atoms with Crippen LogP contribution in [0.4, 0.5) is 0 Å². The third kappa shape index (κ3) is 2.69. The van der Waals surface area contributed by atoms with E-state index in [-0.39, 0.29) is 17.1 Å². The number of nitrogens with one attached hydrogen (secondary N) is 1. The Bertz CT molecular complexity index is 445. The fourth-order valence-corrected chi connectivity index (χ4v) is 2.24. The van der Waals surface area contributed by atoms with Gasteiger partial charge in [0.2, 0.25) is 0 Å². The van der Waals surface area contributed by atoms with Crippen LogP contribution >= 0.6 is 0 Å². The van der Waals surface area contributed by atoms with Crippen LogP contribution in [0, 0.1) is 11.3 Å². The van der Waals surface area contributed by atoms with E-state index >= 15 is 0 Å². The van der Waals surface area contributed by atoms with Gasteiger partial charge in [0.25, 0.3) is 0 Å². The van der Waals surface area contributed by atoms with E-state index in [1.165, 1.54) is 18.9 Å². The number of phenolic OH excluding ortho intramolecular Hbond substituents is 2. The molecule has 1 aromatic carbocycles. The number of aromatic hydroxyl groups is 2. The van der Waals surface area contributed by atoms with Crippen LogP contribution in [0.15, 0.2) is 12.1 Å². The van der Waals surface area contributed by atoms with Crippen LogP contribution in [0.25, 0.3) is 0 Å². The summed E-state index contributed by atoms with van der Waals surface area (Å²) < 4.78 is 0. The average molecular weight is 232 g/mol. The molecule has 1 aliphatic rings. The molecule has 90 valence electrons. The lowest BCUT2D eigenvalue weighted by atomic mass is 9.96. The van der Waals surface area contributed by atoms with Gasteiger partial charge in [-0.1, -0.05) is 6.42 Å². The number of nitrogens with zero attached hydrogens (tertiary/aromatic N) is 1. The summed E-state index contributed by atoms with van der Waals surface area (Å²) in [6.07, 6.45) is 4.17. The van der Waals surface area contributed by atoms with E-state index in [9.17, 15) is 10.2 Å². The maximum Gasteiger partial charge on any atom is 0.137 e. The predicted molar refractivity (Wildman–Crippen MR) is 63.8 cm³/mol. The van der Waals surface area contributed by atoms with Crippen molar-refractivity contribution >= 4 is 0 Å². The molecule has 4 nitrogen and oxygen atoms in total. The minimum absolute atomic E-state index is 0.0638. The second kappa shape index (κ2) is 5.07. The summed E-state index contributed by atoms with van der Waals surface area (Å²) in [5, 5.41) is 31.4. The topological polar surface area (TPSA) is 76.3 Å². The van der Waals surface area contributed by atoms with Crippen LogP contribution in [-0.4, -0.2) is 22.8 Å². The average Bonchev–Trinajstić information content (AvgIpc) is 2.34. The Balaban J connectivity index is 2.17. The zero-order valence-corrected chi connectivity index (χ0v) is 9.61. The summed E-state index contributed by atoms with van der Waals surface area (Å²) in [6, 6.07) is 5.09. The number of piperidine rings is 1. The van der Waals surface area contributed by atoms with Gasteiger partial charge < -0.3 is 15.5 Å². The molecule has 1 aliphatic heterocycles. The van der Waals surface area contributed by atoms with Crippen molar-refractivity contribution in [1.29, 1.82) is 5.26 Å². The van der Waals surface area contributed by atoms with Gasteiger partial charge in [0, 0.05) is 12.1 Å². The molecule has 1 saturated heterocycles. The molecule has 17 heavy (non-hydrogen) atoms. The Hall–Kier alpha value is -1.73. The van der Waals surface area contributed by atoms with E-state index in [0.29, 0.717) is 12.5 Å². The first-order valence-electron chi connectivity index (χ1n) is 5.89. The fraction of sp³-hybridized carbons (Fsp3) is 0.462. The first kappa shape index (κ1) is 11.7. The highest BCUT2D eigenvalue weighted by Gasteiger charge is 2.16. The Morgan fingerprint density at radius 3 is 2.76 bits per heavy atom. The van der Waals surface area contributed by atoms with Gasteiger partial charge in [0.1, 0.15) is 17.6 Å². The molecular formula is C13H16N2O2. The molecule has 3 N–H and O–H groups in total. The van der Waals surface area contributed by atoms with Crippen molar-refractivity contribution in [3.8, 4) is 17.6 Å². The summed E-state index contributed by atoms with van der Waals surface area (Å²) in [7, 11) is 0. The molecule has 4 heteroatoms. The second-order valence-electron chi connectivity index (χ2n) is 4.46. The summed E-state index contributed by atoms with van der Waals surface area (Å²) in [5.41, 5.74) is 0.937. The molecule has 1 atom stereocenters. The van der Waals surface area contributed by atoms with Gasteiger partial charge in [-0.05, 0) is 37.4 Å². The Morgan fingerprint density at radius 2 is 2.12 bits per heavy atom. The number of nitriles is 1. The maximum absolute atomic E-state index is 9.74. The van der Waals surface area contributed by atoms with E-state index in [2.05, 4.69) is 5.32 Å². The fourth-order valence-electron chi connectivity index (χ4n) is 2.24. The van der Waals surface area contributed by atoms with Crippen molar-refractivity contribution < 1.29 is 10.2 Å². The lowest BCUT2D eigenvalue weighted by Crippen LogP contribution is -2.35. The second-order valence-corrected chi connectivity index (χ2v) is 4.46. The van der Waals surface area contributed by atoms with Crippen LogP contribution in [0.3, 0.4) is 0 Å². The monoisotopic (exact) mass is 232 g/mol. The van der Waals surface area contributed by atoms with Crippen LogP contribution in [0.1, 0.15) is 30.4 Å². The van der Waals surface area contributed by atoms with E-state index in [1.54, 1.807) is 6.07 Å². The van der Waals surface area contributed by atoms with Gasteiger partial charge in [-0.15, -0.1) is 0 Å². The predicted octanol–water partition coefficient (Wildman–Crippen LogP) is 1.65. The van der Waals surface area contributed by atoms with Gasteiger partial charge >= 0.3 is 0 Å². The highest BCUT2D eigenvalue weighted by Crippen LogP contribution is 2.28. The lowest BCUT2D eigenvalue weighted by molar-refractivity contribution is 0.390. The third-order valence-electron chi connectivity index (χ3n) is 3.20. The van der Waals surface area contributed by atoms with Gasteiger partial charge in [0.05, 0.1) is 5.56 Å². The third-order valence-corrected chi connectivity index (χ3v) is 3.20. The van der Waals surface area contributed by atoms with E-state index in [4.69, 9.17) is 5.26 Å². The number of hydrogen-bond donors (Lipinski definition) is 3. The summed E-state index contributed by atoms with van der Waals surface area (Å²) in [5.74, 6) is -0.0979. The molecule has 0 bridgehead atoms. The Kier molecular flexibility index (Phi) is 3.50. The zero-order valence-electron chi connectivity index (χ0n) is 9.61. The number of rotatable bonds is 2. The molecule has 1 aromatic rings. The van der Waals surface area contributed by atoms with E-state index < -0.39 is 0 Å². The van der Waals surface area contributed by atoms with Crippen LogP contribution in [-0.2, 0) is 6.42 Å². The minimum Gasteiger partial charge on any atom is -0.508 e. The minimum atomic E-state index is -0.162. The summed E-state index contributed by atoms with van der Waals surface area (Å²) >= 11 is 0. The molecule has 0 radical (unpaired) electrons. The highest BCUT2D eigenvalue weighted by molar-refractivity contribution is 5.50. The van der Waals surface area contributed by atoms with E-state index in [1.807, 2.05) is 6.07 Å². The van der Waals surface area contributed by atoms with Crippen LogP contribution in [0.5, 0.6) is 11.5 Å². The number of phenols is 2. The molecule has 0 aliphatic carbocycles. The van der Waals surface area contributed by atoms with Crippen LogP contribution < -0.4 is 5.32 Å². The zero-order chi connectivity index (χ0) is 12.3. The highest BCUT2D eigenvalue weighted by atomic mass is 16.3. The number of benzene rings is 1. The quantitative estimate of drug-likeness (QED) is 0.724. The number of hydrogen-bond acceptors (Lipinski definition) is 4. The van der Waals surface area contributed by atoms with Crippen molar-refractivity contribution in [3.63, 3.8) is 0 Å². The van der Waals surface area contributed by atoms with Crippen LogP contribution in [0.2, 0.25) is 0 Å². The van der Waals surface area contributed by atoms with Gasteiger partial charge in [0.15, 0.2) is 0 Å². The summed E-state index contributed by atoms with van der Waals surface area (Å²) in [4.78, 5) is 0. The largest absolute Gasteiger partial charge is 0.508 e. The summed E-state index contributed by atoms with van der Waals surface area (Å²) in [6.45, 7) is 1.01. The first-order chi connectivity index (χ1) is 8.20. The SMILES string of the molecule is N#Cc1cc(CC2CCCCN2)c(O)cc1O. The molecule has 0 amide bonds. The Labute approximate surface area is 101 Å². The molecule has 2 rings (SSSR count). The normalized spacial score (nSPS) is 19.8. The van der Waals surface area contributed by atoms with Crippen molar-refractivity contribution in [3.05, 3.63) is 23.3 Å². The van der Waals surface area contributed by atoms with Crippen molar-refractivity contribution in [2.75, 3.05) is 6.54 Å². The standard InChI is InChI=1S/C13H16N2O2/c14-8-10-5-9(12(16)7-13(10)17)6-11-3-1-2-4-15-11/h5,7,11,15-17H,1-4,6H2. The van der Waals surface area contributed by atoms with Gasteiger partial charge in [-0.3, -0.25) is 0 Å². The molecular weight excluding hydrogens is 216 g/mol. The molecule has 1 unspecified atom stereocenters. The first-order valence-corrected chi connectivity index (χ1v) is 5.89. The molecule has 1 fully saturated rings. The smallest absolute Gasteiger partial charge is 0.137 e. The Morgan fingerprint density at radius 1 is 1.29 bits per heavy atom. The molecule has 1 heterocycles. The van der Waals surface area contributed by atoms with Crippen molar-refractivity contribution in [1.82, 2.24) is 5.32 Å². The van der Waals surface area contributed by atoms with Gasteiger partial charge in [-0.25, -0.2) is 0 Å². The maximum atomic E-state index is 9.74. The molecule has 0 saturated carbocycles. The van der Waals surface area contributed by atoms with Gasteiger partial charge in [-0.2, -0.15) is 5.26 Å². The molecule has 0 spiro atoms. The van der Waals surface area contributed by atoms with Crippen molar-refractivity contribution in [2.24, 2.45) is 0 Å². The van der Waals surface area contributed by atoms with Crippen molar-refractivity contribution in [2.45, 2.75) is 31.7 Å². The molecule has 0 aromatic heterocycles. The van der Waals surface area contributed by atoms with E-state index in [0.717, 1.165) is 18.5 Å². The lowest BCUT2D eigenvalue weighted by Gasteiger charge is -2.23.